The van der Waals surface area contributed by atoms with Crippen LogP contribution < -0.4 is 4.74 Å². The molecule has 0 bridgehead atoms. The number of halogens is 3. The third-order valence-electron chi connectivity index (χ3n) is 2.37. The molecule has 1 aliphatic heterocycles. The Morgan fingerprint density at radius 1 is 1.47 bits per heavy atom. The first-order chi connectivity index (χ1) is 7.11. The summed E-state index contributed by atoms with van der Waals surface area (Å²) in [7, 11) is 0. The number of hydrogen-bond donors (Lipinski definition) is 1. The monoisotopic (exact) mass is 278 g/mol. The molecular formula is C10H9BrF2O2. The van der Waals surface area contributed by atoms with Crippen molar-refractivity contribution in [1.29, 1.82) is 0 Å². The molecule has 1 N–H and O–H groups in total. The summed E-state index contributed by atoms with van der Waals surface area (Å²) in [6.07, 6.45) is 0.284. The van der Waals surface area contributed by atoms with Crippen LogP contribution in [-0.4, -0.2) is 11.7 Å². The number of hydrogen-bond acceptors (Lipinski definition) is 2. The van der Waals surface area contributed by atoms with E-state index >= 15 is 0 Å². The largest absolute Gasteiger partial charge is 0.490 e. The minimum absolute atomic E-state index is 0.174. The molecule has 0 saturated heterocycles. The first-order valence-corrected chi connectivity index (χ1v) is 5.39. The van der Waals surface area contributed by atoms with E-state index in [-0.39, 0.29) is 12.4 Å². The second-order valence-electron chi connectivity index (χ2n) is 3.40. The minimum atomic E-state index is -1.03. The SMILES string of the molecule is O[C@H]1CCCOc2c(F)c(F)cc(Br)c21. The maximum absolute atomic E-state index is 13.4. The van der Waals surface area contributed by atoms with E-state index in [9.17, 15) is 13.9 Å². The molecule has 2 nitrogen and oxygen atoms in total. The van der Waals surface area contributed by atoms with Crippen LogP contribution >= 0.6 is 15.9 Å². The fraction of sp³-hybridized carbons (Fsp3) is 0.400. The third-order valence-corrected chi connectivity index (χ3v) is 3.02. The average Bonchev–Trinajstić information content (AvgIpc) is 2.37. The highest BCUT2D eigenvalue weighted by Crippen LogP contribution is 2.39. The van der Waals surface area contributed by atoms with Gasteiger partial charge in [0.15, 0.2) is 11.6 Å². The molecule has 1 heterocycles. The van der Waals surface area contributed by atoms with Crippen LogP contribution in [0.4, 0.5) is 8.78 Å². The summed E-state index contributed by atoms with van der Waals surface area (Å²) in [6, 6.07) is 1.01. The van der Waals surface area contributed by atoms with Crippen LogP contribution in [0.5, 0.6) is 5.75 Å². The first-order valence-electron chi connectivity index (χ1n) is 4.59. The fourth-order valence-corrected chi connectivity index (χ4v) is 2.28. The van der Waals surface area contributed by atoms with Crippen molar-refractivity contribution in [2.45, 2.75) is 18.9 Å². The molecule has 1 atom stereocenters. The molecule has 0 saturated carbocycles. The molecule has 5 heteroatoms. The van der Waals surface area contributed by atoms with E-state index in [1.165, 1.54) is 0 Å². The molecular weight excluding hydrogens is 270 g/mol. The molecule has 1 aliphatic rings. The first kappa shape index (κ1) is 10.8. The van der Waals surface area contributed by atoms with Crippen molar-refractivity contribution in [3.8, 4) is 5.75 Å². The lowest BCUT2D eigenvalue weighted by Gasteiger charge is -2.14. The molecule has 82 valence electrons. The highest BCUT2D eigenvalue weighted by atomic mass is 79.9. The smallest absolute Gasteiger partial charge is 0.201 e. The van der Waals surface area contributed by atoms with Gasteiger partial charge < -0.3 is 9.84 Å². The number of aliphatic hydroxyl groups excluding tert-OH is 1. The van der Waals surface area contributed by atoms with E-state index < -0.39 is 17.7 Å². The maximum atomic E-state index is 13.4. The highest BCUT2D eigenvalue weighted by molar-refractivity contribution is 9.10. The molecule has 2 rings (SSSR count). The van der Waals surface area contributed by atoms with E-state index in [4.69, 9.17) is 4.74 Å². The minimum Gasteiger partial charge on any atom is -0.490 e. The summed E-state index contributed by atoms with van der Waals surface area (Å²) in [5, 5.41) is 9.74. The van der Waals surface area contributed by atoms with Crippen molar-refractivity contribution in [1.82, 2.24) is 0 Å². The van der Waals surface area contributed by atoms with Gasteiger partial charge >= 0.3 is 0 Å². The van der Waals surface area contributed by atoms with Gasteiger partial charge in [-0.25, -0.2) is 4.39 Å². The van der Waals surface area contributed by atoms with Crippen molar-refractivity contribution < 1.29 is 18.6 Å². The summed E-state index contributed by atoms with van der Waals surface area (Å²) in [6.45, 7) is 0.289. The van der Waals surface area contributed by atoms with E-state index in [0.29, 0.717) is 22.9 Å². The molecule has 0 aliphatic carbocycles. The molecule has 0 amide bonds. The lowest BCUT2D eigenvalue weighted by Crippen LogP contribution is -2.02. The second-order valence-corrected chi connectivity index (χ2v) is 4.26. The van der Waals surface area contributed by atoms with Gasteiger partial charge in [-0.1, -0.05) is 15.9 Å². The summed E-state index contributed by atoms with van der Waals surface area (Å²) >= 11 is 3.10. The van der Waals surface area contributed by atoms with Crippen LogP contribution in [0.15, 0.2) is 10.5 Å². The second kappa shape index (κ2) is 4.06. The quantitative estimate of drug-likeness (QED) is 0.740. The van der Waals surface area contributed by atoms with Gasteiger partial charge in [-0.3, -0.25) is 0 Å². The molecule has 15 heavy (non-hydrogen) atoms. The number of ether oxygens (including phenoxy) is 1. The molecule has 0 aromatic heterocycles. The highest BCUT2D eigenvalue weighted by Gasteiger charge is 2.26. The molecule has 1 aromatic rings. The standard InChI is InChI=1S/C10H9BrF2O2/c11-5-4-6(12)9(13)10-8(5)7(14)2-1-3-15-10/h4,7,14H,1-3H2/t7-/m0/s1. The third kappa shape index (κ3) is 1.86. The lowest BCUT2D eigenvalue weighted by atomic mass is 10.0. The lowest BCUT2D eigenvalue weighted by molar-refractivity contribution is 0.166. The van der Waals surface area contributed by atoms with Gasteiger partial charge in [0, 0.05) is 10.0 Å². The van der Waals surface area contributed by atoms with Crippen molar-refractivity contribution >= 4 is 15.9 Å². The molecule has 0 radical (unpaired) electrons. The van der Waals surface area contributed by atoms with E-state index in [1.54, 1.807) is 0 Å². The van der Waals surface area contributed by atoms with E-state index in [0.717, 1.165) is 6.07 Å². The van der Waals surface area contributed by atoms with Gasteiger partial charge in [-0.15, -0.1) is 0 Å². The Balaban J connectivity index is 2.63. The van der Waals surface area contributed by atoms with Gasteiger partial charge in [0.05, 0.1) is 12.7 Å². The van der Waals surface area contributed by atoms with Crippen LogP contribution in [0.3, 0.4) is 0 Å². The van der Waals surface area contributed by atoms with Crippen LogP contribution in [0.1, 0.15) is 24.5 Å². The van der Waals surface area contributed by atoms with E-state index in [1.807, 2.05) is 0 Å². The van der Waals surface area contributed by atoms with E-state index in [2.05, 4.69) is 15.9 Å². The Labute approximate surface area is 94.0 Å². The Morgan fingerprint density at radius 2 is 2.20 bits per heavy atom. The zero-order valence-corrected chi connectivity index (χ0v) is 9.35. The van der Waals surface area contributed by atoms with Gasteiger partial charge in [0.1, 0.15) is 0 Å². The Morgan fingerprint density at radius 3 is 2.93 bits per heavy atom. The number of rotatable bonds is 0. The number of aliphatic hydroxyl groups is 1. The summed E-state index contributed by atoms with van der Waals surface area (Å²) in [5.41, 5.74) is 0.298. The zero-order valence-electron chi connectivity index (χ0n) is 7.77. The van der Waals surface area contributed by atoms with Crippen molar-refractivity contribution in [2.75, 3.05) is 6.61 Å². The normalized spacial score (nSPS) is 20.4. The maximum Gasteiger partial charge on any atom is 0.201 e. The van der Waals surface area contributed by atoms with Crippen LogP contribution in [-0.2, 0) is 0 Å². The van der Waals surface area contributed by atoms with Crippen molar-refractivity contribution in [3.63, 3.8) is 0 Å². The predicted molar refractivity (Wildman–Crippen MR) is 53.7 cm³/mol. The zero-order chi connectivity index (χ0) is 11.0. The van der Waals surface area contributed by atoms with Crippen molar-refractivity contribution in [3.05, 3.63) is 27.7 Å². The van der Waals surface area contributed by atoms with Gasteiger partial charge in [-0.05, 0) is 18.9 Å². The molecule has 0 spiro atoms. The number of benzene rings is 1. The van der Waals surface area contributed by atoms with Gasteiger partial charge in [0.25, 0.3) is 0 Å². The van der Waals surface area contributed by atoms with Crippen molar-refractivity contribution in [2.24, 2.45) is 0 Å². The molecule has 0 fully saturated rings. The molecule has 1 aromatic carbocycles. The van der Waals surface area contributed by atoms with Crippen LogP contribution in [0.25, 0.3) is 0 Å². The van der Waals surface area contributed by atoms with Gasteiger partial charge in [-0.2, -0.15) is 4.39 Å². The average molecular weight is 279 g/mol. The Hall–Kier alpha value is -0.680. The summed E-state index contributed by atoms with van der Waals surface area (Å²) in [4.78, 5) is 0. The predicted octanol–water partition coefficient (Wildman–Crippen LogP) is 2.93. The molecule has 0 unspecified atom stereocenters. The Kier molecular flexibility index (Phi) is 2.93. The summed E-state index contributed by atoms with van der Waals surface area (Å²) < 4.78 is 31.9. The summed E-state index contributed by atoms with van der Waals surface area (Å²) in [5.74, 6) is -2.18. The number of fused-ring (bicyclic) bond motifs is 1. The van der Waals surface area contributed by atoms with Gasteiger partial charge in [0.2, 0.25) is 5.82 Å². The topological polar surface area (TPSA) is 29.5 Å². The Bertz CT molecular complexity index is 395. The van der Waals surface area contributed by atoms with Crippen LogP contribution in [0, 0.1) is 11.6 Å². The fourth-order valence-electron chi connectivity index (χ4n) is 1.63. The van der Waals surface area contributed by atoms with Crippen LogP contribution in [0.2, 0.25) is 0 Å².